The quantitative estimate of drug-likeness (QED) is 0.0441. The van der Waals surface area contributed by atoms with E-state index in [0.29, 0.717) is 19.4 Å². The summed E-state index contributed by atoms with van der Waals surface area (Å²) in [4.78, 5) is 24.4. The van der Waals surface area contributed by atoms with Crippen LogP contribution in [0.2, 0.25) is 25.7 Å². The minimum Gasteiger partial charge on any atom is -0.450 e. The highest BCUT2D eigenvalue weighted by molar-refractivity contribution is 6.76. The topological polar surface area (TPSA) is 61.8 Å². The molecule has 0 aliphatic heterocycles. The number of esters is 2. The number of hydrogen-bond acceptors (Lipinski definition) is 5. The van der Waals surface area contributed by atoms with E-state index in [4.69, 9.17) is 14.2 Å². The van der Waals surface area contributed by atoms with Crippen LogP contribution in [0.3, 0.4) is 0 Å². The first-order valence-corrected chi connectivity index (χ1v) is 17.6. The smallest absolute Gasteiger partial charge is 0.349 e. The average Bonchev–Trinajstić information content (AvgIpc) is 2.78. The highest BCUT2D eigenvalue weighted by Gasteiger charge is 2.23. The molecule has 0 aromatic carbocycles. The Labute approximate surface area is 211 Å². The summed E-state index contributed by atoms with van der Waals surface area (Å²) in [5.41, 5.74) is 0. The molecule has 0 fully saturated rings. The van der Waals surface area contributed by atoms with Gasteiger partial charge in [0, 0.05) is 21.1 Å². The predicted octanol–water partition coefficient (Wildman–Crippen LogP) is 8.20. The molecule has 0 aliphatic rings. The molecule has 1 atom stereocenters. The molecule has 34 heavy (non-hydrogen) atoms. The van der Waals surface area contributed by atoms with Crippen LogP contribution in [0.5, 0.6) is 0 Å². The third kappa shape index (κ3) is 22.6. The number of carbonyl (C=O) groups is 2. The highest BCUT2D eigenvalue weighted by atomic mass is 28.3. The molecule has 0 radical (unpaired) electrons. The monoisotopic (exact) mass is 498 g/mol. The maximum absolute atomic E-state index is 12.3. The van der Waals surface area contributed by atoms with Gasteiger partial charge in [0.05, 0.1) is 0 Å². The molecule has 0 amide bonds. The molecule has 0 rings (SSSR count). The Bertz CT molecular complexity index is 515. The first-order chi connectivity index (χ1) is 16.3. The predicted molar refractivity (Wildman–Crippen MR) is 145 cm³/mol. The summed E-state index contributed by atoms with van der Waals surface area (Å²) < 4.78 is 16.0. The molecule has 0 saturated carbocycles. The van der Waals surface area contributed by atoms with Crippen LogP contribution in [0.25, 0.3) is 0 Å². The second-order valence-corrected chi connectivity index (χ2v) is 16.3. The number of hydrogen-bond donors (Lipinski definition) is 0. The van der Waals surface area contributed by atoms with Gasteiger partial charge >= 0.3 is 11.9 Å². The SMILES string of the molecule is C=CCCCCCCCCCCCCCCC(=O)O[C@@H](CCC)C(=O)OCOCC[Si](C)(C)C. The Morgan fingerprint density at radius 3 is 1.88 bits per heavy atom. The van der Waals surface area contributed by atoms with Crippen LogP contribution in [0.15, 0.2) is 12.7 Å². The molecule has 0 aromatic rings. The summed E-state index contributed by atoms with van der Waals surface area (Å²) >= 11 is 0. The van der Waals surface area contributed by atoms with Gasteiger partial charge in [-0.3, -0.25) is 4.79 Å². The molecule has 0 unspecified atom stereocenters. The molecule has 5 nitrogen and oxygen atoms in total. The lowest BCUT2D eigenvalue weighted by Crippen LogP contribution is -2.30. The maximum Gasteiger partial charge on any atom is 0.349 e. The van der Waals surface area contributed by atoms with Gasteiger partial charge in [0.1, 0.15) is 0 Å². The van der Waals surface area contributed by atoms with Crippen molar-refractivity contribution >= 4 is 20.0 Å². The largest absolute Gasteiger partial charge is 0.450 e. The fourth-order valence-corrected chi connectivity index (χ4v) is 4.42. The maximum atomic E-state index is 12.3. The van der Waals surface area contributed by atoms with Gasteiger partial charge in [-0.2, -0.15) is 0 Å². The minimum absolute atomic E-state index is 0.0726. The lowest BCUT2D eigenvalue weighted by Gasteiger charge is -2.17. The lowest BCUT2D eigenvalue weighted by molar-refractivity contribution is -0.176. The number of unbranched alkanes of at least 4 members (excludes halogenated alkanes) is 12. The average molecular weight is 499 g/mol. The van der Waals surface area contributed by atoms with Crippen molar-refractivity contribution in [3.05, 3.63) is 12.7 Å². The Balaban J connectivity index is 3.73. The van der Waals surface area contributed by atoms with Crippen molar-refractivity contribution in [2.24, 2.45) is 0 Å². The van der Waals surface area contributed by atoms with E-state index in [1.165, 1.54) is 57.8 Å². The van der Waals surface area contributed by atoms with Gasteiger partial charge in [-0.25, -0.2) is 4.79 Å². The molecule has 0 heterocycles. The fraction of sp³-hybridized carbons (Fsp3) is 0.857. The first-order valence-electron chi connectivity index (χ1n) is 13.8. The molecule has 0 aromatic heterocycles. The van der Waals surface area contributed by atoms with E-state index >= 15 is 0 Å². The third-order valence-corrected chi connectivity index (χ3v) is 7.61. The van der Waals surface area contributed by atoms with E-state index in [2.05, 4.69) is 26.2 Å². The summed E-state index contributed by atoms with van der Waals surface area (Å²) in [6, 6.07) is 1.02. The van der Waals surface area contributed by atoms with Crippen LogP contribution < -0.4 is 0 Å². The van der Waals surface area contributed by atoms with E-state index in [0.717, 1.165) is 38.1 Å². The van der Waals surface area contributed by atoms with Gasteiger partial charge in [-0.05, 0) is 31.7 Å². The molecule has 0 saturated heterocycles. The fourth-order valence-electron chi connectivity index (χ4n) is 3.66. The highest BCUT2D eigenvalue weighted by Crippen LogP contribution is 2.14. The third-order valence-electron chi connectivity index (χ3n) is 5.91. The van der Waals surface area contributed by atoms with Crippen molar-refractivity contribution < 1.29 is 23.8 Å². The van der Waals surface area contributed by atoms with E-state index in [-0.39, 0.29) is 12.8 Å². The number of rotatable bonds is 24. The van der Waals surface area contributed by atoms with Crippen molar-refractivity contribution in [3.63, 3.8) is 0 Å². The summed E-state index contributed by atoms with van der Waals surface area (Å²) in [6.07, 6.45) is 18.8. The summed E-state index contributed by atoms with van der Waals surface area (Å²) in [7, 11) is -1.16. The Morgan fingerprint density at radius 1 is 0.853 bits per heavy atom. The molecular weight excluding hydrogens is 444 g/mol. The van der Waals surface area contributed by atoms with E-state index in [9.17, 15) is 9.59 Å². The minimum atomic E-state index is -1.16. The zero-order valence-corrected chi connectivity index (χ0v) is 23.8. The second kappa shape index (κ2) is 22.3. The van der Waals surface area contributed by atoms with Crippen LogP contribution in [-0.2, 0) is 23.8 Å². The second-order valence-electron chi connectivity index (χ2n) is 10.6. The zero-order valence-electron chi connectivity index (χ0n) is 22.8. The number of carbonyl (C=O) groups excluding carboxylic acids is 2. The molecule has 0 spiro atoms. The van der Waals surface area contributed by atoms with Crippen molar-refractivity contribution in [2.75, 3.05) is 13.4 Å². The molecule has 0 aliphatic carbocycles. The van der Waals surface area contributed by atoms with Crippen molar-refractivity contribution in [1.29, 1.82) is 0 Å². The first kappa shape index (κ1) is 32.9. The van der Waals surface area contributed by atoms with Gasteiger partial charge in [-0.15, -0.1) is 6.58 Å². The van der Waals surface area contributed by atoms with Gasteiger partial charge < -0.3 is 14.2 Å². The number of ether oxygens (including phenoxy) is 3. The lowest BCUT2D eigenvalue weighted by atomic mass is 10.0. The Kier molecular flexibility index (Phi) is 21.6. The van der Waals surface area contributed by atoms with Crippen molar-refractivity contribution in [3.8, 4) is 0 Å². The molecule has 200 valence electrons. The van der Waals surface area contributed by atoms with Gasteiger partial charge in [0.25, 0.3) is 0 Å². The van der Waals surface area contributed by atoms with Gasteiger partial charge in [-0.1, -0.05) is 103 Å². The van der Waals surface area contributed by atoms with Crippen LogP contribution >= 0.6 is 0 Å². The zero-order chi connectivity index (χ0) is 25.5. The van der Waals surface area contributed by atoms with Crippen molar-refractivity contribution in [2.45, 2.75) is 141 Å². The summed E-state index contributed by atoms with van der Waals surface area (Å²) in [5, 5.41) is 0. The van der Waals surface area contributed by atoms with Crippen molar-refractivity contribution in [1.82, 2.24) is 0 Å². The standard InChI is InChI=1S/C28H54O5Si/c1-6-8-9-10-11-12-13-14-15-16-17-18-19-20-22-27(29)33-26(21-7-2)28(30)32-25-31-23-24-34(3,4)5/h6,26H,1,7-25H2,2-5H3/t26-/m0/s1. The van der Waals surface area contributed by atoms with Crippen LogP contribution in [0, 0.1) is 0 Å². The van der Waals surface area contributed by atoms with E-state index in [1.54, 1.807) is 0 Å². The molecular formula is C28H54O5Si. The molecule has 6 heteroatoms. The van der Waals surface area contributed by atoms with Crippen LogP contribution in [-0.4, -0.2) is 39.5 Å². The van der Waals surface area contributed by atoms with E-state index < -0.39 is 20.1 Å². The molecule has 0 bridgehead atoms. The summed E-state index contributed by atoms with van der Waals surface area (Å²) in [5.74, 6) is -0.803. The normalized spacial score (nSPS) is 12.4. The summed E-state index contributed by atoms with van der Waals surface area (Å²) in [6.45, 7) is 13.1. The Morgan fingerprint density at radius 2 is 1.38 bits per heavy atom. The Hall–Kier alpha value is -1.14. The van der Waals surface area contributed by atoms with Crippen LogP contribution in [0.1, 0.15) is 110 Å². The van der Waals surface area contributed by atoms with Gasteiger partial charge in [0.2, 0.25) is 0 Å². The number of allylic oxidation sites excluding steroid dienone is 1. The van der Waals surface area contributed by atoms with E-state index in [1.807, 2.05) is 13.0 Å². The van der Waals surface area contributed by atoms with Gasteiger partial charge in [0.15, 0.2) is 12.9 Å². The van der Waals surface area contributed by atoms with Crippen LogP contribution in [0.4, 0.5) is 0 Å². The molecule has 0 N–H and O–H groups in total.